The highest BCUT2D eigenvalue weighted by atomic mass is 16.5. The second kappa shape index (κ2) is 2.88. The molecule has 1 radical (unpaired) electrons. The molecule has 1 heterocycles. The van der Waals surface area contributed by atoms with Crippen LogP contribution in [0.5, 0.6) is 0 Å². The number of hydrogen-bond acceptors (Lipinski definition) is 1. The molecule has 45 valence electrons. The van der Waals surface area contributed by atoms with Crippen molar-refractivity contribution in [1.29, 1.82) is 0 Å². The molecule has 0 fully saturated rings. The number of rotatable bonds is 2. The average Bonchev–Trinajstić information content (AvgIpc) is 2.19. The molecule has 1 rings (SSSR count). The van der Waals surface area contributed by atoms with Crippen LogP contribution in [0.15, 0.2) is 11.6 Å². The van der Waals surface area contributed by atoms with Crippen LogP contribution in [0.2, 0.25) is 0 Å². The molecular formula is C7H11O. The molecule has 1 heteroatoms. The minimum atomic E-state index is 0.815. The van der Waals surface area contributed by atoms with Gasteiger partial charge in [-0.1, -0.05) is 13.0 Å². The zero-order valence-electron chi connectivity index (χ0n) is 5.02. The lowest BCUT2D eigenvalue weighted by Gasteiger charge is -1.93. The molecule has 8 heavy (non-hydrogen) atoms. The van der Waals surface area contributed by atoms with E-state index in [4.69, 9.17) is 4.74 Å². The van der Waals surface area contributed by atoms with Crippen LogP contribution in [-0.2, 0) is 4.74 Å². The van der Waals surface area contributed by atoms with Crippen LogP contribution in [0.4, 0.5) is 0 Å². The Morgan fingerprint density at radius 3 is 3.12 bits per heavy atom. The van der Waals surface area contributed by atoms with Crippen LogP contribution >= 0.6 is 0 Å². The Morgan fingerprint density at radius 1 is 1.75 bits per heavy atom. The van der Waals surface area contributed by atoms with Gasteiger partial charge in [0, 0.05) is 0 Å². The van der Waals surface area contributed by atoms with Crippen molar-refractivity contribution in [3.05, 3.63) is 18.6 Å². The molecule has 0 spiro atoms. The summed E-state index contributed by atoms with van der Waals surface area (Å²) in [6, 6.07) is 0. The largest absolute Gasteiger partial charge is 0.373 e. The van der Waals surface area contributed by atoms with Gasteiger partial charge in [-0.15, -0.1) is 0 Å². The van der Waals surface area contributed by atoms with E-state index in [1.165, 1.54) is 5.57 Å². The Balaban J connectivity index is 2.23. The van der Waals surface area contributed by atoms with E-state index in [-0.39, 0.29) is 0 Å². The predicted molar refractivity (Wildman–Crippen MR) is 33.5 cm³/mol. The van der Waals surface area contributed by atoms with E-state index in [9.17, 15) is 0 Å². The Hall–Kier alpha value is -0.300. The third kappa shape index (κ3) is 1.34. The number of ether oxygens (including phenoxy) is 1. The second-order valence-corrected chi connectivity index (χ2v) is 1.98. The highest BCUT2D eigenvalue weighted by Crippen LogP contribution is 2.09. The maximum Gasteiger partial charge on any atom is 0.0681 e. The summed E-state index contributed by atoms with van der Waals surface area (Å²) >= 11 is 0. The lowest BCUT2D eigenvalue weighted by atomic mass is 10.2. The minimum Gasteiger partial charge on any atom is -0.373 e. The van der Waals surface area contributed by atoms with Crippen molar-refractivity contribution in [1.82, 2.24) is 0 Å². The maximum absolute atomic E-state index is 5.09. The Kier molecular flexibility index (Phi) is 2.10. The first-order valence-corrected chi connectivity index (χ1v) is 2.98. The van der Waals surface area contributed by atoms with Crippen molar-refractivity contribution in [2.75, 3.05) is 13.2 Å². The first kappa shape index (κ1) is 5.83. The van der Waals surface area contributed by atoms with Crippen molar-refractivity contribution in [2.24, 2.45) is 0 Å². The lowest BCUT2D eigenvalue weighted by Crippen LogP contribution is -1.85. The summed E-state index contributed by atoms with van der Waals surface area (Å²) in [4.78, 5) is 0. The van der Waals surface area contributed by atoms with Crippen LogP contribution in [0.1, 0.15) is 12.8 Å². The molecule has 0 N–H and O–H groups in total. The molecule has 0 aromatic rings. The van der Waals surface area contributed by atoms with Crippen LogP contribution in [-0.4, -0.2) is 13.2 Å². The van der Waals surface area contributed by atoms with Crippen LogP contribution < -0.4 is 0 Å². The molecule has 1 aliphatic rings. The summed E-state index contributed by atoms with van der Waals surface area (Å²) in [5.41, 5.74) is 1.42. The molecule has 0 aromatic carbocycles. The average molecular weight is 111 g/mol. The SMILES string of the molecule is [CH2]CCC1=CCOC1. The standard InChI is InChI=1S/C7H11O/c1-2-3-7-4-5-8-6-7/h4H,1-3,5-6H2. The molecule has 0 aromatic heterocycles. The molecule has 0 bridgehead atoms. The van der Waals surface area contributed by atoms with Gasteiger partial charge in [0.25, 0.3) is 0 Å². The smallest absolute Gasteiger partial charge is 0.0681 e. The molecule has 0 amide bonds. The van der Waals surface area contributed by atoms with E-state index in [0.29, 0.717) is 0 Å². The highest BCUT2D eigenvalue weighted by Gasteiger charge is 2.01. The molecule has 1 nitrogen and oxygen atoms in total. The fourth-order valence-corrected chi connectivity index (χ4v) is 0.827. The molecule has 1 aliphatic heterocycles. The first-order valence-electron chi connectivity index (χ1n) is 2.98. The molecule has 0 unspecified atom stereocenters. The molecule has 0 saturated heterocycles. The Bertz CT molecular complexity index is 94.6. The van der Waals surface area contributed by atoms with Gasteiger partial charge in [0.1, 0.15) is 0 Å². The summed E-state index contributed by atoms with van der Waals surface area (Å²) < 4.78 is 5.09. The van der Waals surface area contributed by atoms with E-state index in [1.807, 2.05) is 0 Å². The molecule has 0 saturated carbocycles. The molecular weight excluding hydrogens is 100 g/mol. The predicted octanol–water partition coefficient (Wildman–Crippen LogP) is 1.56. The van der Waals surface area contributed by atoms with E-state index in [2.05, 4.69) is 13.0 Å². The zero-order valence-corrected chi connectivity index (χ0v) is 5.02. The zero-order chi connectivity index (χ0) is 5.82. The summed E-state index contributed by atoms with van der Waals surface area (Å²) in [5.74, 6) is 0. The topological polar surface area (TPSA) is 9.23 Å². The minimum absolute atomic E-state index is 0.815. The first-order chi connectivity index (χ1) is 3.93. The van der Waals surface area contributed by atoms with E-state index in [0.717, 1.165) is 26.1 Å². The molecule has 0 atom stereocenters. The summed E-state index contributed by atoms with van der Waals surface area (Å²) in [7, 11) is 0. The van der Waals surface area contributed by atoms with E-state index >= 15 is 0 Å². The summed E-state index contributed by atoms with van der Waals surface area (Å²) in [6.45, 7) is 5.41. The summed E-state index contributed by atoms with van der Waals surface area (Å²) in [5, 5.41) is 0. The van der Waals surface area contributed by atoms with Crippen LogP contribution in [0.3, 0.4) is 0 Å². The van der Waals surface area contributed by atoms with Gasteiger partial charge < -0.3 is 4.74 Å². The van der Waals surface area contributed by atoms with Crippen molar-refractivity contribution in [2.45, 2.75) is 12.8 Å². The van der Waals surface area contributed by atoms with Crippen molar-refractivity contribution >= 4 is 0 Å². The summed E-state index contributed by atoms with van der Waals surface area (Å²) in [6.07, 6.45) is 4.25. The van der Waals surface area contributed by atoms with Gasteiger partial charge in [0.05, 0.1) is 13.2 Å². The normalized spacial score (nSPS) is 18.9. The van der Waals surface area contributed by atoms with Gasteiger partial charge in [-0.05, 0) is 18.4 Å². The van der Waals surface area contributed by atoms with Gasteiger partial charge >= 0.3 is 0 Å². The van der Waals surface area contributed by atoms with Crippen molar-refractivity contribution < 1.29 is 4.74 Å². The highest BCUT2D eigenvalue weighted by molar-refractivity contribution is 5.06. The van der Waals surface area contributed by atoms with Crippen LogP contribution in [0.25, 0.3) is 0 Å². The maximum atomic E-state index is 5.09. The van der Waals surface area contributed by atoms with Crippen LogP contribution in [0, 0.1) is 6.92 Å². The molecule has 0 aliphatic carbocycles. The van der Waals surface area contributed by atoms with Gasteiger partial charge in [-0.2, -0.15) is 0 Å². The Morgan fingerprint density at radius 2 is 2.62 bits per heavy atom. The Labute approximate surface area is 50.3 Å². The van der Waals surface area contributed by atoms with E-state index < -0.39 is 0 Å². The third-order valence-corrected chi connectivity index (χ3v) is 1.28. The van der Waals surface area contributed by atoms with Gasteiger partial charge in [0.15, 0.2) is 0 Å². The van der Waals surface area contributed by atoms with Crippen molar-refractivity contribution in [3.8, 4) is 0 Å². The van der Waals surface area contributed by atoms with Gasteiger partial charge in [0.2, 0.25) is 0 Å². The fourth-order valence-electron chi connectivity index (χ4n) is 0.827. The number of hydrogen-bond donors (Lipinski definition) is 0. The van der Waals surface area contributed by atoms with Gasteiger partial charge in [-0.3, -0.25) is 0 Å². The van der Waals surface area contributed by atoms with Gasteiger partial charge in [-0.25, -0.2) is 0 Å². The third-order valence-electron chi connectivity index (χ3n) is 1.28. The lowest BCUT2D eigenvalue weighted by molar-refractivity contribution is 0.207. The second-order valence-electron chi connectivity index (χ2n) is 1.98. The van der Waals surface area contributed by atoms with Crippen molar-refractivity contribution in [3.63, 3.8) is 0 Å². The monoisotopic (exact) mass is 111 g/mol. The fraction of sp³-hybridized carbons (Fsp3) is 0.571. The quantitative estimate of drug-likeness (QED) is 0.491. The van der Waals surface area contributed by atoms with E-state index in [1.54, 1.807) is 0 Å².